The first-order valence-electron chi connectivity index (χ1n) is 9.93. The van der Waals surface area contributed by atoms with Crippen molar-refractivity contribution in [3.63, 3.8) is 0 Å². The van der Waals surface area contributed by atoms with Gasteiger partial charge in [0.25, 0.3) is 5.56 Å². The number of nitrogens with zero attached hydrogens (tertiary/aromatic N) is 2. The fourth-order valence-corrected chi connectivity index (χ4v) is 6.61. The Bertz CT molecular complexity index is 884. The summed E-state index contributed by atoms with van der Waals surface area (Å²) in [6.45, 7) is 2.88. The van der Waals surface area contributed by atoms with Gasteiger partial charge in [-0.25, -0.2) is 4.98 Å². The smallest absolute Gasteiger partial charge is 0.263 e. The lowest BCUT2D eigenvalue weighted by molar-refractivity contribution is -0.119. The quantitative estimate of drug-likeness (QED) is 0.528. The van der Waals surface area contributed by atoms with E-state index >= 15 is 0 Å². The molecular formula is C20H26N2O2S2. The van der Waals surface area contributed by atoms with Crippen molar-refractivity contribution < 1.29 is 4.79 Å². The van der Waals surface area contributed by atoms with E-state index in [9.17, 15) is 9.59 Å². The third-order valence-corrected chi connectivity index (χ3v) is 8.01. The molecule has 0 bridgehead atoms. The van der Waals surface area contributed by atoms with Crippen molar-refractivity contribution in [1.82, 2.24) is 9.55 Å². The van der Waals surface area contributed by atoms with E-state index in [0.29, 0.717) is 18.7 Å². The first-order valence-corrected chi connectivity index (χ1v) is 11.6. The minimum atomic E-state index is -0.0302. The predicted octanol–water partition coefficient (Wildman–Crippen LogP) is 4.74. The summed E-state index contributed by atoms with van der Waals surface area (Å²) in [7, 11) is 0. The Labute approximate surface area is 162 Å². The van der Waals surface area contributed by atoms with Crippen LogP contribution in [0.4, 0.5) is 0 Å². The number of aryl methyl sites for hydroxylation is 2. The summed E-state index contributed by atoms with van der Waals surface area (Å²) < 4.78 is 1.87. The highest BCUT2D eigenvalue weighted by atomic mass is 32.2. The van der Waals surface area contributed by atoms with Gasteiger partial charge in [-0.15, -0.1) is 11.3 Å². The topological polar surface area (TPSA) is 52.0 Å². The molecule has 2 heterocycles. The van der Waals surface area contributed by atoms with Gasteiger partial charge in [-0.1, -0.05) is 37.9 Å². The number of thiophene rings is 1. The number of thioether (sulfide) groups is 1. The number of hydrogen-bond acceptors (Lipinski definition) is 5. The standard InChI is InChI=1S/C20H26N2O2S2/c1-2-3-6-12-22-19(24)17-13-8-7-11-15(13)25-18(17)21-20(22)26-16-10-5-4-9-14(16)23/h16H,2-12H2,1H3. The number of rotatable bonds is 6. The maximum Gasteiger partial charge on any atom is 0.263 e. The number of hydrogen-bond donors (Lipinski definition) is 0. The van der Waals surface area contributed by atoms with Gasteiger partial charge in [-0.05, 0) is 44.1 Å². The molecule has 1 atom stereocenters. The summed E-state index contributed by atoms with van der Waals surface area (Å²) in [4.78, 5) is 32.8. The minimum Gasteiger partial charge on any atom is -0.298 e. The van der Waals surface area contributed by atoms with Crippen LogP contribution in [0.1, 0.15) is 68.7 Å². The van der Waals surface area contributed by atoms with Gasteiger partial charge in [0.05, 0.1) is 10.6 Å². The zero-order valence-corrected chi connectivity index (χ0v) is 17.0. The van der Waals surface area contributed by atoms with E-state index in [1.165, 1.54) is 22.2 Å². The molecule has 0 spiro atoms. The highest BCUT2D eigenvalue weighted by molar-refractivity contribution is 8.00. The zero-order chi connectivity index (χ0) is 18.1. The van der Waals surface area contributed by atoms with E-state index in [-0.39, 0.29) is 10.8 Å². The molecule has 2 aliphatic carbocycles. The molecule has 2 aliphatic rings. The number of unbranched alkanes of at least 4 members (excludes halogenated alkanes) is 2. The third kappa shape index (κ3) is 3.38. The van der Waals surface area contributed by atoms with Gasteiger partial charge in [-0.2, -0.15) is 0 Å². The molecule has 26 heavy (non-hydrogen) atoms. The second kappa shape index (κ2) is 7.85. The van der Waals surface area contributed by atoms with Crippen LogP contribution < -0.4 is 5.56 Å². The fraction of sp³-hybridized carbons (Fsp3) is 0.650. The Morgan fingerprint density at radius 3 is 2.85 bits per heavy atom. The van der Waals surface area contributed by atoms with Crippen LogP contribution in [0, 0.1) is 0 Å². The number of ketones is 1. The molecule has 0 radical (unpaired) electrons. The molecule has 0 aromatic carbocycles. The number of Topliss-reactive ketones (excluding diaryl/α,β-unsaturated/α-hetero) is 1. The number of carbonyl (C=O) groups excluding carboxylic acids is 1. The second-order valence-electron chi connectivity index (χ2n) is 7.41. The molecule has 0 aliphatic heterocycles. The van der Waals surface area contributed by atoms with Crippen molar-refractivity contribution in [3.05, 3.63) is 20.8 Å². The lowest BCUT2D eigenvalue weighted by Gasteiger charge is -2.21. The predicted molar refractivity (Wildman–Crippen MR) is 109 cm³/mol. The molecule has 0 N–H and O–H groups in total. The first kappa shape index (κ1) is 18.2. The Hall–Kier alpha value is -1.14. The van der Waals surface area contributed by atoms with Crippen LogP contribution in [0.2, 0.25) is 0 Å². The monoisotopic (exact) mass is 390 g/mol. The molecule has 1 fully saturated rings. The molecule has 2 aromatic rings. The number of carbonyl (C=O) groups is 1. The summed E-state index contributed by atoms with van der Waals surface area (Å²) in [6.07, 6.45) is 10.1. The normalized spacial score (nSPS) is 20.0. The second-order valence-corrected chi connectivity index (χ2v) is 9.67. The molecule has 2 aromatic heterocycles. The molecular weight excluding hydrogens is 364 g/mol. The highest BCUT2D eigenvalue weighted by Gasteiger charge is 2.27. The van der Waals surface area contributed by atoms with E-state index in [4.69, 9.17) is 4.98 Å². The van der Waals surface area contributed by atoms with Gasteiger partial charge in [0, 0.05) is 17.8 Å². The van der Waals surface area contributed by atoms with E-state index < -0.39 is 0 Å². The molecule has 6 heteroatoms. The van der Waals surface area contributed by atoms with Gasteiger partial charge in [0.1, 0.15) is 10.6 Å². The molecule has 140 valence electrons. The Morgan fingerprint density at radius 1 is 1.15 bits per heavy atom. The van der Waals surface area contributed by atoms with Crippen LogP contribution in [0.15, 0.2) is 9.95 Å². The van der Waals surface area contributed by atoms with Gasteiger partial charge >= 0.3 is 0 Å². The van der Waals surface area contributed by atoms with Crippen molar-refractivity contribution in [2.24, 2.45) is 0 Å². The number of fused-ring (bicyclic) bond motifs is 3. The van der Waals surface area contributed by atoms with Crippen LogP contribution in [0.25, 0.3) is 10.2 Å². The first-order chi connectivity index (χ1) is 12.7. The Morgan fingerprint density at radius 2 is 2.04 bits per heavy atom. The van der Waals surface area contributed by atoms with Crippen LogP contribution >= 0.6 is 23.1 Å². The van der Waals surface area contributed by atoms with Crippen molar-refractivity contribution in [1.29, 1.82) is 0 Å². The van der Waals surface area contributed by atoms with Gasteiger partial charge in [0.15, 0.2) is 5.16 Å². The van der Waals surface area contributed by atoms with E-state index in [0.717, 1.165) is 73.2 Å². The molecule has 0 amide bonds. The highest BCUT2D eigenvalue weighted by Crippen LogP contribution is 2.37. The van der Waals surface area contributed by atoms with E-state index in [2.05, 4.69) is 6.92 Å². The maximum atomic E-state index is 13.3. The molecule has 4 rings (SSSR count). The zero-order valence-electron chi connectivity index (χ0n) is 15.4. The SMILES string of the molecule is CCCCCn1c(SC2CCCCC2=O)nc2sc3c(c2c1=O)CCC3. The fourth-order valence-electron chi connectivity index (χ4n) is 4.07. The summed E-state index contributed by atoms with van der Waals surface area (Å²) in [6, 6.07) is 0. The molecule has 4 nitrogen and oxygen atoms in total. The van der Waals surface area contributed by atoms with Crippen molar-refractivity contribution in [2.45, 2.75) is 88.1 Å². The molecule has 1 unspecified atom stereocenters. The van der Waals surface area contributed by atoms with Crippen molar-refractivity contribution in [2.75, 3.05) is 0 Å². The Balaban J connectivity index is 1.75. The largest absolute Gasteiger partial charge is 0.298 e. The Kier molecular flexibility index (Phi) is 5.50. The minimum absolute atomic E-state index is 0.0302. The third-order valence-electron chi connectivity index (χ3n) is 5.52. The summed E-state index contributed by atoms with van der Waals surface area (Å²) in [5.41, 5.74) is 1.37. The molecule has 0 saturated heterocycles. The maximum absolute atomic E-state index is 13.3. The summed E-state index contributed by atoms with van der Waals surface area (Å²) in [5, 5.41) is 1.59. The lowest BCUT2D eigenvalue weighted by Crippen LogP contribution is -2.27. The average Bonchev–Trinajstić information content (AvgIpc) is 3.20. The van der Waals surface area contributed by atoms with Crippen LogP contribution in [0.3, 0.4) is 0 Å². The van der Waals surface area contributed by atoms with Gasteiger partial charge in [-0.3, -0.25) is 14.2 Å². The average molecular weight is 391 g/mol. The lowest BCUT2D eigenvalue weighted by atomic mass is 9.99. The van der Waals surface area contributed by atoms with Crippen molar-refractivity contribution >= 4 is 39.1 Å². The van der Waals surface area contributed by atoms with Crippen molar-refractivity contribution in [3.8, 4) is 0 Å². The number of aromatic nitrogens is 2. The van der Waals surface area contributed by atoms with E-state index in [1.807, 2.05) is 4.57 Å². The molecule has 1 saturated carbocycles. The van der Waals surface area contributed by atoms with Crippen LogP contribution in [-0.4, -0.2) is 20.6 Å². The van der Waals surface area contributed by atoms with Gasteiger partial charge in [0.2, 0.25) is 0 Å². The van der Waals surface area contributed by atoms with E-state index in [1.54, 1.807) is 11.3 Å². The summed E-state index contributed by atoms with van der Waals surface area (Å²) in [5.74, 6) is 0.323. The van der Waals surface area contributed by atoms with Crippen LogP contribution in [0.5, 0.6) is 0 Å². The van der Waals surface area contributed by atoms with Gasteiger partial charge < -0.3 is 0 Å². The summed E-state index contributed by atoms with van der Waals surface area (Å²) >= 11 is 3.23. The van der Waals surface area contributed by atoms with Crippen LogP contribution in [-0.2, 0) is 24.2 Å².